The van der Waals surface area contributed by atoms with E-state index in [0.717, 1.165) is 24.4 Å². The Morgan fingerprint density at radius 1 is 1.18 bits per heavy atom. The number of hydrogen-bond donors (Lipinski definition) is 2. The van der Waals surface area contributed by atoms with Gasteiger partial charge in [-0.3, -0.25) is 9.63 Å². The van der Waals surface area contributed by atoms with Gasteiger partial charge in [0.05, 0.1) is 36.8 Å². The van der Waals surface area contributed by atoms with Crippen molar-refractivity contribution in [2.75, 3.05) is 68.5 Å². The molecule has 0 spiro atoms. The highest BCUT2D eigenvalue weighted by atomic mass is 19.1. The van der Waals surface area contributed by atoms with Crippen LogP contribution in [-0.4, -0.2) is 68.7 Å². The van der Waals surface area contributed by atoms with Crippen molar-refractivity contribution >= 4 is 34.6 Å². The van der Waals surface area contributed by atoms with Gasteiger partial charge in [0.15, 0.2) is 5.82 Å². The van der Waals surface area contributed by atoms with Crippen LogP contribution in [0.4, 0.5) is 37.5 Å². The zero-order chi connectivity index (χ0) is 28.8. The van der Waals surface area contributed by atoms with E-state index in [-0.39, 0.29) is 11.5 Å². The second kappa shape index (κ2) is 12.7. The minimum absolute atomic E-state index is 0.184. The van der Waals surface area contributed by atoms with Gasteiger partial charge in [0.2, 0.25) is 5.91 Å². The van der Waals surface area contributed by atoms with Crippen LogP contribution in [0.25, 0.3) is 0 Å². The van der Waals surface area contributed by atoms with Crippen LogP contribution in [0, 0.1) is 11.6 Å². The van der Waals surface area contributed by atoms with Crippen LogP contribution in [0.15, 0.2) is 55.4 Å². The standard InChI is InChI=1S/C28H33F2N7O3/c1-6-28(38)34-21-14-22(25(39-5)15-24(21)36(4)11-10-35(2)3)33-26-16-27(32-17-31-26)37-23(9-12-40-37)19-13-18(29)7-8-20(19)30/h6-8,13-17,23H,1,9-12H2,2-5H3,(H,34,38)(H,31,32,33)/t23-/m1/s1. The maximum atomic E-state index is 14.5. The number of benzene rings is 2. The monoisotopic (exact) mass is 553 g/mol. The molecule has 1 aromatic heterocycles. The second-order valence-corrected chi connectivity index (χ2v) is 9.50. The Hall–Kier alpha value is -4.29. The van der Waals surface area contributed by atoms with Crippen molar-refractivity contribution in [3.63, 3.8) is 0 Å². The summed E-state index contributed by atoms with van der Waals surface area (Å²) in [5.74, 6) is -0.140. The van der Waals surface area contributed by atoms with E-state index in [4.69, 9.17) is 9.57 Å². The van der Waals surface area contributed by atoms with E-state index in [1.807, 2.05) is 32.1 Å². The van der Waals surface area contributed by atoms with E-state index in [2.05, 4.69) is 32.1 Å². The number of halogens is 2. The number of nitrogens with zero attached hydrogens (tertiary/aromatic N) is 5. The molecular formula is C28H33F2N7O3. The topological polar surface area (TPSA) is 95.1 Å². The van der Waals surface area contributed by atoms with Crippen molar-refractivity contribution in [1.82, 2.24) is 14.9 Å². The Balaban J connectivity index is 1.65. The van der Waals surface area contributed by atoms with E-state index in [9.17, 15) is 13.6 Å². The molecule has 40 heavy (non-hydrogen) atoms. The fraction of sp³-hybridized carbons (Fsp3) is 0.321. The molecule has 12 heteroatoms. The number of nitrogens with one attached hydrogen (secondary N) is 2. The quantitative estimate of drug-likeness (QED) is 0.333. The fourth-order valence-electron chi connectivity index (χ4n) is 4.33. The average molecular weight is 554 g/mol. The summed E-state index contributed by atoms with van der Waals surface area (Å²) in [6.45, 7) is 5.37. The Kier molecular flexibility index (Phi) is 9.12. The Bertz CT molecular complexity index is 1370. The van der Waals surface area contributed by atoms with Crippen LogP contribution in [-0.2, 0) is 9.63 Å². The molecule has 0 bridgehead atoms. The van der Waals surface area contributed by atoms with Crippen molar-refractivity contribution in [3.05, 3.63) is 72.6 Å². The molecule has 0 saturated carbocycles. The first-order valence-corrected chi connectivity index (χ1v) is 12.7. The molecule has 2 N–H and O–H groups in total. The number of likely N-dealkylation sites (N-methyl/N-ethyl adjacent to an activating group) is 2. The number of rotatable bonds is 11. The molecule has 1 aliphatic heterocycles. The molecule has 4 rings (SSSR count). The SMILES string of the molecule is C=CC(=O)Nc1cc(Nc2cc(N3OCC[C@@H]3c3cc(F)ccc3F)ncn2)c(OC)cc1N(C)CCN(C)C. The molecule has 1 fully saturated rings. The molecule has 0 aliphatic carbocycles. The maximum absolute atomic E-state index is 14.5. The number of aromatic nitrogens is 2. The number of carbonyl (C=O) groups excluding carboxylic acids is 1. The molecule has 1 amide bonds. The summed E-state index contributed by atoms with van der Waals surface area (Å²) in [6, 6.07) is 8.00. The van der Waals surface area contributed by atoms with Crippen LogP contribution in [0.5, 0.6) is 5.75 Å². The van der Waals surface area contributed by atoms with Gasteiger partial charge in [-0.25, -0.2) is 23.8 Å². The summed E-state index contributed by atoms with van der Waals surface area (Å²) in [7, 11) is 7.46. The lowest BCUT2D eigenvalue weighted by Crippen LogP contribution is -2.29. The van der Waals surface area contributed by atoms with Crippen molar-refractivity contribution in [3.8, 4) is 5.75 Å². The molecule has 212 valence electrons. The molecule has 1 saturated heterocycles. The maximum Gasteiger partial charge on any atom is 0.247 e. The predicted octanol–water partition coefficient (Wildman–Crippen LogP) is 4.51. The summed E-state index contributed by atoms with van der Waals surface area (Å²) in [6.07, 6.45) is 3.00. The molecule has 2 aromatic carbocycles. The molecule has 0 unspecified atom stereocenters. The number of methoxy groups -OCH3 is 1. The Labute approximate surface area is 232 Å². The lowest BCUT2D eigenvalue weighted by atomic mass is 10.0. The average Bonchev–Trinajstić information content (AvgIpc) is 3.43. The van der Waals surface area contributed by atoms with E-state index in [0.29, 0.717) is 48.3 Å². The summed E-state index contributed by atoms with van der Waals surface area (Å²) in [4.78, 5) is 30.7. The van der Waals surface area contributed by atoms with Crippen LogP contribution < -0.4 is 25.3 Å². The molecule has 1 atom stereocenters. The van der Waals surface area contributed by atoms with Crippen molar-refractivity contribution in [1.29, 1.82) is 0 Å². The highest BCUT2D eigenvalue weighted by Gasteiger charge is 2.31. The van der Waals surface area contributed by atoms with E-state index < -0.39 is 17.7 Å². The van der Waals surface area contributed by atoms with Crippen LogP contribution >= 0.6 is 0 Å². The van der Waals surface area contributed by atoms with E-state index in [1.165, 1.54) is 23.5 Å². The number of hydrogen-bond acceptors (Lipinski definition) is 9. The van der Waals surface area contributed by atoms with E-state index in [1.54, 1.807) is 19.2 Å². The van der Waals surface area contributed by atoms with Crippen molar-refractivity contribution < 1.29 is 23.1 Å². The van der Waals surface area contributed by atoms with Gasteiger partial charge in [-0.05, 0) is 44.4 Å². The fourth-order valence-corrected chi connectivity index (χ4v) is 4.33. The summed E-state index contributed by atoms with van der Waals surface area (Å²) in [5, 5.41) is 7.53. The highest BCUT2D eigenvalue weighted by molar-refractivity contribution is 6.02. The number of hydroxylamine groups is 1. The minimum atomic E-state index is -0.564. The Morgan fingerprint density at radius 3 is 2.70 bits per heavy atom. The van der Waals surface area contributed by atoms with Gasteiger partial charge in [0.1, 0.15) is 29.5 Å². The number of carbonyl (C=O) groups is 1. The normalized spacial score (nSPS) is 14.8. The van der Waals surface area contributed by atoms with Gasteiger partial charge < -0.3 is 25.2 Å². The molecule has 1 aliphatic rings. The third-order valence-corrected chi connectivity index (χ3v) is 6.42. The van der Waals surface area contributed by atoms with Gasteiger partial charge in [0, 0.05) is 44.3 Å². The largest absolute Gasteiger partial charge is 0.494 e. The van der Waals surface area contributed by atoms with Gasteiger partial charge in [-0.1, -0.05) is 6.58 Å². The first-order valence-electron chi connectivity index (χ1n) is 12.7. The van der Waals surface area contributed by atoms with Crippen molar-refractivity contribution in [2.45, 2.75) is 12.5 Å². The van der Waals surface area contributed by atoms with Gasteiger partial charge in [-0.2, -0.15) is 0 Å². The van der Waals surface area contributed by atoms with Crippen molar-refractivity contribution in [2.24, 2.45) is 0 Å². The van der Waals surface area contributed by atoms with Crippen LogP contribution in [0.3, 0.4) is 0 Å². The molecule has 2 heterocycles. The predicted molar refractivity (Wildman–Crippen MR) is 151 cm³/mol. The molecule has 10 nitrogen and oxygen atoms in total. The van der Waals surface area contributed by atoms with Crippen LogP contribution in [0.1, 0.15) is 18.0 Å². The van der Waals surface area contributed by atoms with E-state index >= 15 is 0 Å². The zero-order valence-electron chi connectivity index (χ0n) is 22.9. The number of amides is 1. The first-order chi connectivity index (χ1) is 19.2. The second-order valence-electron chi connectivity index (χ2n) is 9.50. The summed E-state index contributed by atoms with van der Waals surface area (Å²) in [5.41, 5.74) is 2.02. The third-order valence-electron chi connectivity index (χ3n) is 6.42. The lowest BCUT2D eigenvalue weighted by Gasteiger charge is -2.26. The Morgan fingerprint density at radius 2 is 1.98 bits per heavy atom. The van der Waals surface area contributed by atoms with Gasteiger partial charge in [0.25, 0.3) is 0 Å². The van der Waals surface area contributed by atoms with Gasteiger partial charge in [-0.15, -0.1) is 0 Å². The lowest BCUT2D eigenvalue weighted by molar-refractivity contribution is -0.111. The minimum Gasteiger partial charge on any atom is -0.494 e. The number of ether oxygens (including phenoxy) is 1. The third kappa shape index (κ3) is 6.64. The zero-order valence-corrected chi connectivity index (χ0v) is 22.9. The smallest absolute Gasteiger partial charge is 0.247 e. The summed E-state index contributed by atoms with van der Waals surface area (Å²) >= 11 is 0. The van der Waals surface area contributed by atoms with Gasteiger partial charge >= 0.3 is 0 Å². The molecule has 3 aromatic rings. The highest BCUT2D eigenvalue weighted by Crippen LogP contribution is 2.39. The first kappa shape index (κ1) is 28.7. The number of anilines is 5. The molecule has 0 radical (unpaired) electrons. The van der Waals surface area contributed by atoms with Crippen LogP contribution in [0.2, 0.25) is 0 Å². The summed E-state index contributed by atoms with van der Waals surface area (Å²) < 4.78 is 34.1. The molecular weight excluding hydrogens is 520 g/mol.